The first-order chi connectivity index (χ1) is 8.22. The van der Waals surface area contributed by atoms with Gasteiger partial charge >= 0.3 is 0 Å². The van der Waals surface area contributed by atoms with Gasteiger partial charge in [-0.05, 0) is 13.3 Å². The summed E-state index contributed by atoms with van der Waals surface area (Å²) >= 11 is 0. The van der Waals surface area contributed by atoms with Crippen LogP contribution < -0.4 is 21.5 Å². The molecule has 1 aliphatic heterocycles. The minimum atomic E-state index is 0.0165. The molecule has 1 saturated heterocycles. The maximum absolute atomic E-state index is 11.5. The molecule has 4 N–H and O–H groups in total. The molecule has 1 aromatic rings. The number of nitrogens with one attached hydrogen (secondary N) is 2. The summed E-state index contributed by atoms with van der Waals surface area (Å²) in [5, 5.41) is 2.83. The van der Waals surface area contributed by atoms with Crippen LogP contribution in [0.4, 0.5) is 11.6 Å². The molecule has 1 amide bonds. The fourth-order valence-electron chi connectivity index (χ4n) is 1.89. The first kappa shape index (κ1) is 11.6. The highest BCUT2D eigenvalue weighted by Crippen LogP contribution is 2.21. The van der Waals surface area contributed by atoms with Crippen LogP contribution in [0.3, 0.4) is 0 Å². The van der Waals surface area contributed by atoms with Gasteiger partial charge in [-0.3, -0.25) is 4.79 Å². The van der Waals surface area contributed by atoms with Gasteiger partial charge in [0.2, 0.25) is 5.91 Å². The molecule has 92 valence electrons. The van der Waals surface area contributed by atoms with Gasteiger partial charge in [-0.15, -0.1) is 0 Å². The Balaban J connectivity index is 2.29. The van der Waals surface area contributed by atoms with Crippen LogP contribution in [0.1, 0.15) is 12.0 Å². The van der Waals surface area contributed by atoms with Crippen LogP contribution >= 0.6 is 0 Å². The zero-order valence-corrected chi connectivity index (χ0v) is 9.73. The van der Waals surface area contributed by atoms with Gasteiger partial charge in [-0.2, -0.15) is 0 Å². The molecule has 0 aromatic carbocycles. The van der Waals surface area contributed by atoms with E-state index < -0.39 is 0 Å². The fourth-order valence-corrected chi connectivity index (χ4v) is 1.89. The van der Waals surface area contributed by atoms with Gasteiger partial charge in [0, 0.05) is 18.7 Å². The van der Waals surface area contributed by atoms with Gasteiger partial charge in [-0.25, -0.2) is 15.8 Å². The van der Waals surface area contributed by atoms with Gasteiger partial charge in [0.25, 0.3) is 0 Å². The minimum Gasteiger partial charge on any atom is -0.354 e. The summed E-state index contributed by atoms with van der Waals surface area (Å²) < 4.78 is 0. The zero-order valence-electron chi connectivity index (χ0n) is 9.73. The number of hydrogen-bond acceptors (Lipinski definition) is 6. The average molecular weight is 236 g/mol. The van der Waals surface area contributed by atoms with E-state index >= 15 is 0 Å². The molecule has 7 heteroatoms. The lowest BCUT2D eigenvalue weighted by atomic mass is 10.2. The second kappa shape index (κ2) is 4.96. The van der Waals surface area contributed by atoms with Crippen LogP contribution in [-0.4, -0.2) is 35.5 Å². The first-order valence-corrected chi connectivity index (χ1v) is 5.52. The number of aromatic nitrogens is 2. The quantitative estimate of drug-likeness (QED) is 0.468. The third kappa shape index (κ3) is 2.44. The Bertz CT molecular complexity index is 421. The third-order valence-electron chi connectivity index (χ3n) is 2.76. The highest BCUT2D eigenvalue weighted by molar-refractivity contribution is 5.81. The number of nitrogens with zero attached hydrogens (tertiary/aromatic N) is 3. The van der Waals surface area contributed by atoms with Gasteiger partial charge in [0.15, 0.2) is 0 Å². The largest absolute Gasteiger partial charge is 0.354 e. The van der Waals surface area contributed by atoms with Crippen LogP contribution in [0.2, 0.25) is 0 Å². The maximum atomic E-state index is 11.5. The molecule has 2 heterocycles. The summed E-state index contributed by atoms with van der Waals surface area (Å²) in [6, 6.07) is 0. The lowest BCUT2D eigenvalue weighted by molar-refractivity contribution is -0.119. The Morgan fingerprint density at radius 3 is 3.12 bits per heavy atom. The minimum absolute atomic E-state index is 0.0165. The van der Waals surface area contributed by atoms with Crippen LogP contribution in [0.25, 0.3) is 0 Å². The monoisotopic (exact) mass is 236 g/mol. The number of hydrazine groups is 1. The van der Waals surface area contributed by atoms with Crippen LogP contribution in [0.15, 0.2) is 6.33 Å². The molecule has 0 unspecified atom stereocenters. The molecule has 0 radical (unpaired) electrons. The predicted octanol–water partition coefficient (Wildman–Crippen LogP) is -0.603. The topological polar surface area (TPSA) is 96.2 Å². The Hall–Kier alpha value is -1.89. The van der Waals surface area contributed by atoms with Crippen molar-refractivity contribution in [3.05, 3.63) is 11.9 Å². The molecule has 1 fully saturated rings. The average Bonchev–Trinajstić information content (AvgIpc) is 2.54. The molecular formula is C10H16N6O. The van der Waals surface area contributed by atoms with Gasteiger partial charge in [0.1, 0.15) is 18.0 Å². The second-order valence-electron chi connectivity index (χ2n) is 3.94. The van der Waals surface area contributed by atoms with E-state index in [-0.39, 0.29) is 5.91 Å². The van der Waals surface area contributed by atoms with Crippen molar-refractivity contribution in [3.63, 3.8) is 0 Å². The van der Waals surface area contributed by atoms with E-state index in [4.69, 9.17) is 5.84 Å². The molecular weight excluding hydrogens is 220 g/mol. The van der Waals surface area contributed by atoms with Crippen molar-refractivity contribution >= 4 is 17.5 Å². The van der Waals surface area contributed by atoms with Crippen molar-refractivity contribution in [3.8, 4) is 0 Å². The SMILES string of the molecule is Cc1c(NN)ncnc1N1CCCNC(=O)C1. The van der Waals surface area contributed by atoms with Gasteiger partial charge in [-0.1, -0.05) is 0 Å². The van der Waals surface area contributed by atoms with Crippen molar-refractivity contribution in [1.29, 1.82) is 0 Å². The predicted molar refractivity (Wildman–Crippen MR) is 64.4 cm³/mol. The Morgan fingerprint density at radius 2 is 2.35 bits per heavy atom. The Kier molecular flexibility index (Phi) is 3.38. The Labute approximate surface area is 99.4 Å². The van der Waals surface area contributed by atoms with Crippen LogP contribution in [0.5, 0.6) is 0 Å². The molecule has 1 aliphatic rings. The van der Waals surface area contributed by atoms with Crippen molar-refractivity contribution in [1.82, 2.24) is 15.3 Å². The van der Waals surface area contributed by atoms with Crippen molar-refractivity contribution in [2.24, 2.45) is 5.84 Å². The van der Waals surface area contributed by atoms with Crippen molar-refractivity contribution in [2.45, 2.75) is 13.3 Å². The molecule has 2 rings (SSSR count). The molecule has 0 spiro atoms. The van der Waals surface area contributed by atoms with Crippen LogP contribution in [0, 0.1) is 6.92 Å². The third-order valence-corrected chi connectivity index (χ3v) is 2.76. The summed E-state index contributed by atoms with van der Waals surface area (Å²) in [7, 11) is 0. The standard InChI is InChI=1S/C10H16N6O/c1-7-9(15-11)13-6-14-10(7)16-4-2-3-12-8(17)5-16/h6H,2-5,11H2,1H3,(H,12,17)(H,13,14,15). The number of anilines is 2. The summed E-state index contributed by atoms with van der Waals surface area (Å²) in [6.07, 6.45) is 2.35. The van der Waals surface area contributed by atoms with Crippen LogP contribution in [-0.2, 0) is 4.79 Å². The smallest absolute Gasteiger partial charge is 0.239 e. The van der Waals surface area contributed by atoms with E-state index in [1.54, 1.807) is 0 Å². The molecule has 1 aromatic heterocycles. The molecule has 0 atom stereocenters. The van der Waals surface area contributed by atoms with E-state index in [9.17, 15) is 4.79 Å². The van der Waals surface area contributed by atoms with Gasteiger partial charge in [0.05, 0.1) is 6.54 Å². The lowest BCUT2D eigenvalue weighted by Gasteiger charge is -2.22. The molecule has 0 bridgehead atoms. The molecule has 17 heavy (non-hydrogen) atoms. The number of rotatable bonds is 2. The summed E-state index contributed by atoms with van der Waals surface area (Å²) in [5.41, 5.74) is 3.37. The normalized spacial score (nSPS) is 16.4. The lowest BCUT2D eigenvalue weighted by Crippen LogP contribution is -2.34. The summed E-state index contributed by atoms with van der Waals surface area (Å²) in [4.78, 5) is 21.7. The van der Waals surface area contributed by atoms with Crippen molar-refractivity contribution in [2.75, 3.05) is 30.0 Å². The van der Waals surface area contributed by atoms with E-state index in [1.165, 1.54) is 6.33 Å². The molecule has 0 saturated carbocycles. The molecule has 0 aliphatic carbocycles. The number of nitrogens with two attached hydrogens (primary N) is 1. The number of nitrogen functional groups attached to an aromatic ring is 1. The second-order valence-corrected chi connectivity index (χ2v) is 3.94. The highest BCUT2D eigenvalue weighted by atomic mass is 16.2. The van der Waals surface area contributed by atoms with E-state index in [1.807, 2.05) is 11.8 Å². The number of carbonyl (C=O) groups excluding carboxylic acids is 1. The summed E-state index contributed by atoms with van der Waals surface area (Å²) in [5.74, 6) is 6.72. The number of hydrogen-bond donors (Lipinski definition) is 3. The van der Waals surface area contributed by atoms with Gasteiger partial charge < -0.3 is 15.6 Å². The van der Waals surface area contributed by atoms with E-state index in [0.29, 0.717) is 18.9 Å². The van der Waals surface area contributed by atoms with Crippen molar-refractivity contribution < 1.29 is 4.79 Å². The zero-order chi connectivity index (χ0) is 12.3. The fraction of sp³-hybridized carbons (Fsp3) is 0.500. The number of amides is 1. The molecule has 7 nitrogen and oxygen atoms in total. The first-order valence-electron chi connectivity index (χ1n) is 5.52. The maximum Gasteiger partial charge on any atom is 0.239 e. The summed E-state index contributed by atoms with van der Waals surface area (Å²) in [6.45, 7) is 3.71. The van der Waals surface area contributed by atoms with E-state index in [2.05, 4.69) is 20.7 Å². The van der Waals surface area contributed by atoms with E-state index in [0.717, 1.165) is 24.3 Å². The number of carbonyl (C=O) groups is 1. The Morgan fingerprint density at radius 1 is 1.53 bits per heavy atom. The highest BCUT2D eigenvalue weighted by Gasteiger charge is 2.18.